The summed E-state index contributed by atoms with van der Waals surface area (Å²) < 4.78 is 5.10. The molecule has 0 saturated carbocycles. The number of hydrazine groups is 1. The van der Waals surface area contributed by atoms with E-state index in [9.17, 15) is 0 Å². The van der Waals surface area contributed by atoms with Gasteiger partial charge in [0.15, 0.2) is 0 Å². The number of nitrogens with one attached hydrogen (secondary N) is 1. The lowest BCUT2D eigenvalue weighted by Crippen LogP contribution is -2.47. The first-order valence-electron chi connectivity index (χ1n) is 6.25. The molecule has 1 N–H and O–H groups in total. The van der Waals surface area contributed by atoms with Gasteiger partial charge in [0.2, 0.25) is 0 Å². The van der Waals surface area contributed by atoms with Crippen LogP contribution < -0.4 is 10.2 Å². The smallest absolute Gasteiger partial charge is 0.140 e. The third-order valence-electron chi connectivity index (χ3n) is 3.41. The van der Waals surface area contributed by atoms with Crippen molar-refractivity contribution in [3.05, 3.63) is 18.3 Å². The Morgan fingerprint density at radius 3 is 2.53 bits per heavy atom. The lowest BCUT2D eigenvalue weighted by molar-refractivity contribution is 0.135. The molecule has 0 aliphatic carbocycles. The number of methoxy groups -OCH3 is 1. The fourth-order valence-electron chi connectivity index (χ4n) is 2.34. The average Bonchev–Trinajstić information content (AvgIpc) is 2.35. The van der Waals surface area contributed by atoms with Crippen molar-refractivity contribution in [2.24, 2.45) is 0 Å². The van der Waals surface area contributed by atoms with Gasteiger partial charge in [-0.2, -0.15) is 0 Å². The molecule has 94 valence electrons. The van der Waals surface area contributed by atoms with Crippen LogP contribution in [0.5, 0.6) is 5.75 Å². The predicted octanol–water partition coefficient (Wildman–Crippen LogP) is 2.68. The van der Waals surface area contributed by atoms with Crippen LogP contribution in [0.4, 0.5) is 5.82 Å². The first-order chi connectivity index (χ1) is 8.20. The normalized spacial score (nSPS) is 25.6. The van der Waals surface area contributed by atoms with Gasteiger partial charge in [-0.15, -0.1) is 0 Å². The Morgan fingerprint density at radius 2 is 2.00 bits per heavy atom. The highest BCUT2D eigenvalue weighted by atomic mass is 16.5. The van der Waals surface area contributed by atoms with Crippen molar-refractivity contribution in [1.82, 2.24) is 9.99 Å². The molecule has 1 aromatic rings. The monoisotopic (exact) mass is 235 g/mol. The molecule has 17 heavy (non-hydrogen) atoms. The number of anilines is 1. The minimum Gasteiger partial charge on any atom is -0.495 e. The molecule has 2 atom stereocenters. The molecule has 0 bridgehead atoms. The molecule has 1 saturated heterocycles. The summed E-state index contributed by atoms with van der Waals surface area (Å²) in [4.78, 5) is 4.33. The van der Waals surface area contributed by atoms with Gasteiger partial charge in [0, 0.05) is 12.1 Å². The van der Waals surface area contributed by atoms with Gasteiger partial charge in [0.1, 0.15) is 11.6 Å². The number of hydrogen-bond acceptors (Lipinski definition) is 4. The Bertz CT molecular complexity index is 342. The van der Waals surface area contributed by atoms with Crippen LogP contribution >= 0.6 is 0 Å². The van der Waals surface area contributed by atoms with E-state index in [0.717, 1.165) is 11.6 Å². The van der Waals surface area contributed by atoms with Crippen molar-refractivity contribution in [2.45, 2.75) is 45.2 Å². The van der Waals surface area contributed by atoms with Crippen LogP contribution in [0, 0.1) is 0 Å². The third kappa shape index (κ3) is 2.88. The third-order valence-corrected chi connectivity index (χ3v) is 3.41. The van der Waals surface area contributed by atoms with Gasteiger partial charge in [-0.1, -0.05) is 6.42 Å². The van der Waals surface area contributed by atoms with Gasteiger partial charge in [-0.05, 0) is 38.8 Å². The van der Waals surface area contributed by atoms with Crippen LogP contribution in [-0.4, -0.2) is 29.2 Å². The van der Waals surface area contributed by atoms with Gasteiger partial charge >= 0.3 is 0 Å². The molecular weight excluding hydrogens is 214 g/mol. The standard InChI is InChI=1S/C13H21N3O/c1-10-5-4-6-11(2)16(10)15-13-8-7-12(17-3)9-14-13/h7-11H,4-6H2,1-3H3,(H,14,15). The summed E-state index contributed by atoms with van der Waals surface area (Å²) in [5.74, 6) is 1.67. The van der Waals surface area contributed by atoms with E-state index >= 15 is 0 Å². The molecule has 4 heteroatoms. The van der Waals surface area contributed by atoms with E-state index in [1.54, 1.807) is 13.3 Å². The summed E-state index contributed by atoms with van der Waals surface area (Å²) >= 11 is 0. The van der Waals surface area contributed by atoms with Crippen molar-refractivity contribution in [3.63, 3.8) is 0 Å². The number of aromatic nitrogens is 1. The van der Waals surface area contributed by atoms with Crippen molar-refractivity contribution >= 4 is 5.82 Å². The van der Waals surface area contributed by atoms with E-state index in [2.05, 4.69) is 29.3 Å². The summed E-state index contributed by atoms with van der Waals surface area (Å²) in [6.07, 6.45) is 5.54. The SMILES string of the molecule is COc1ccc(NN2C(C)CCCC2C)nc1. The molecule has 1 aliphatic rings. The Kier molecular flexibility index (Phi) is 3.84. The van der Waals surface area contributed by atoms with Crippen LogP contribution in [-0.2, 0) is 0 Å². The number of pyridine rings is 1. The van der Waals surface area contributed by atoms with Crippen molar-refractivity contribution in [3.8, 4) is 5.75 Å². The van der Waals surface area contributed by atoms with E-state index in [-0.39, 0.29) is 0 Å². The number of rotatable bonds is 3. The molecule has 2 unspecified atom stereocenters. The molecule has 2 heterocycles. The first-order valence-corrected chi connectivity index (χ1v) is 6.25. The molecule has 4 nitrogen and oxygen atoms in total. The number of hydrogen-bond donors (Lipinski definition) is 1. The molecule has 0 radical (unpaired) electrons. The molecule has 0 aromatic carbocycles. The van der Waals surface area contributed by atoms with Crippen LogP contribution in [0.1, 0.15) is 33.1 Å². The Morgan fingerprint density at radius 1 is 1.29 bits per heavy atom. The maximum absolute atomic E-state index is 5.10. The van der Waals surface area contributed by atoms with Crippen LogP contribution in [0.3, 0.4) is 0 Å². The minimum absolute atomic E-state index is 0.558. The second kappa shape index (κ2) is 5.36. The van der Waals surface area contributed by atoms with Crippen molar-refractivity contribution < 1.29 is 4.74 Å². The summed E-state index contributed by atoms with van der Waals surface area (Å²) in [5, 5.41) is 2.30. The fraction of sp³-hybridized carbons (Fsp3) is 0.615. The van der Waals surface area contributed by atoms with Gasteiger partial charge < -0.3 is 10.2 Å². The molecule has 0 spiro atoms. The molecular formula is C13H21N3O. The summed E-state index contributed by atoms with van der Waals surface area (Å²) in [7, 11) is 1.65. The Balaban J connectivity index is 2.03. The summed E-state index contributed by atoms with van der Waals surface area (Å²) in [6, 6.07) is 4.99. The van der Waals surface area contributed by atoms with E-state index in [1.165, 1.54) is 19.3 Å². The highest BCUT2D eigenvalue weighted by Gasteiger charge is 2.24. The zero-order valence-corrected chi connectivity index (χ0v) is 10.8. The summed E-state index contributed by atoms with van der Waals surface area (Å²) in [6.45, 7) is 4.51. The lowest BCUT2D eigenvalue weighted by Gasteiger charge is -2.39. The second-order valence-electron chi connectivity index (χ2n) is 4.73. The average molecular weight is 235 g/mol. The Hall–Kier alpha value is -1.29. The maximum atomic E-state index is 5.10. The minimum atomic E-state index is 0.558. The zero-order chi connectivity index (χ0) is 12.3. The second-order valence-corrected chi connectivity index (χ2v) is 4.73. The van der Waals surface area contributed by atoms with Gasteiger partial charge in [0.25, 0.3) is 0 Å². The number of ether oxygens (including phenoxy) is 1. The van der Waals surface area contributed by atoms with E-state index < -0.39 is 0 Å². The predicted molar refractivity (Wildman–Crippen MR) is 69.0 cm³/mol. The summed E-state index contributed by atoms with van der Waals surface area (Å²) in [5.41, 5.74) is 3.40. The quantitative estimate of drug-likeness (QED) is 0.874. The van der Waals surface area contributed by atoms with Gasteiger partial charge in [0.05, 0.1) is 13.3 Å². The van der Waals surface area contributed by atoms with Gasteiger partial charge in [-0.25, -0.2) is 9.99 Å². The highest BCUT2D eigenvalue weighted by molar-refractivity contribution is 5.36. The fourth-order valence-corrected chi connectivity index (χ4v) is 2.34. The van der Waals surface area contributed by atoms with E-state index in [0.29, 0.717) is 12.1 Å². The Labute approximate surface area is 103 Å². The van der Waals surface area contributed by atoms with Crippen molar-refractivity contribution in [1.29, 1.82) is 0 Å². The number of nitrogens with zero attached hydrogens (tertiary/aromatic N) is 2. The largest absolute Gasteiger partial charge is 0.495 e. The van der Waals surface area contributed by atoms with Crippen LogP contribution in [0.25, 0.3) is 0 Å². The molecule has 1 aliphatic heterocycles. The van der Waals surface area contributed by atoms with Crippen LogP contribution in [0.15, 0.2) is 18.3 Å². The van der Waals surface area contributed by atoms with Gasteiger partial charge in [-0.3, -0.25) is 0 Å². The highest BCUT2D eigenvalue weighted by Crippen LogP contribution is 2.23. The van der Waals surface area contributed by atoms with Crippen LogP contribution in [0.2, 0.25) is 0 Å². The number of piperidine rings is 1. The molecule has 2 rings (SSSR count). The zero-order valence-electron chi connectivity index (χ0n) is 10.8. The topological polar surface area (TPSA) is 37.4 Å². The van der Waals surface area contributed by atoms with E-state index in [1.807, 2.05) is 12.1 Å². The maximum Gasteiger partial charge on any atom is 0.140 e. The first kappa shape index (κ1) is 12.2. The van der Waals surface area contributed by atoms with E-state index in [4.69, 9.17) is 4.74 Å². The molecule has 1 aromatic heterocycles. The molecule has 1 fully saturated rings. The lowest BCUT2D eigenvalue weighted by atomic mass is 10.00. The van der Waals surface area contributed by atoms with Crippen molar-refractivity contribution in [2.75, 3.05) is 12.5 Å². The molecule has 0 amide bonds.